The Kier molecular flexibility index (Phi) is 14.9. The number of halogens is 3. The molecule has 15 heteroatoms. The third-order valence-electron chi connectivity index (χ3n) is 7.23. The smallest absolute Gasteiger partial charge is 0.475 e. The van der Waals surface area contributed by atoms with Crippen LogP contribution in [0.3, 0.4) is 0 Å². The number of urea groups is 1. The highest BCUT2D eigenvalue weighted by Gasteiger charge is 2.38. The number of benzene rings is 2. The monoisotopic (exact) mass is 636 g/mol. The average Bonchev–Trinajstić information content (AvgIpc) is 2.98. The maximum Gasteiger partial charge on any atom is 0.490 e. The van der Waals surface area contributed by atoms with Gasteiger partial charge in [0.2, 0.25) is 6.08 Å². The van der Waals surface area contributed by atoms with E-state index < -0.39 is 12.1 Å². The van der Waals surface area contributed by atoms with E-state index in [2.05, 4.69) is 25.4 Å². The standard InChI is InChI=1S/C14H19N3O2.C7H14N2O.C7H5NO.C2HF3O2/c18-14(15-12-4-2-1-3-5-12)17-8-6-16(7-9-17)13-10-19-11-13;1-3-9(4-2-8-1)7-5-10-6-7;9-6-8-7-4-2-1-3-5-7;3-2(4,5)1(6)7/h1-5,13H,6-11H2,(H,15,18);7-8H,1-6H2;1-5H;(H,6,7). The molecule has 246 valence electrons. The predicted molar refractivity (Wildman–Crippen MR) is 160 cm³/mol. The van der Waals surface area contributed by atoms with Gasteiger partial charge < -0.3 is 30.1 Å². The number of isocyanates is 1. The lowest BCUT2D eigenvalue weighted by molar-refractivity contribution is -0.192. The number of carboxylic acids is 1. The molecule has 4 saturated heterocycles. The summed E-state index contributed by atoms with van der Waals surface area (Å²) in [6, 6.07) is 19.9. The predicted octanol–water partition coefficient (Wildman–Crippen LogP) is 2.81. The number of aliphatic carboxylic acids is 1. The van der Waals surface area contributed by atoms with Crippen LogP contribution in [-0.2, 0) is 19.1 Å². The zero-order valence-corrected chi connectivity index (χ0v) is 24.8. The molecule has 4 aliphatic rings. The minimum absolute atomic E-state index is 0.00397. The minimum atomic E-state index is -5.08. The normalized spacial score (nSPS) is 18.9. The van der Waals surface area contributed by atoms with Gasteiger partial charge in [-0.1, -0.05) is 36.4 Å². The van der Waals surface area contributed by atoms with Gasteiger partial charge in [0.15, 0.2) is 0 Å². The number of rotatable bonds is 4. The second-order valence-electron chi connectivity index (χ2n) is 10.3. The number of hydrogen-bond donors (Lipinski definition) is 3. The molecular formula is C30H39F3N6O6. The fourth-order valence-electron chi connectivity index (χ4n) is 4.48. The largest absolute Gasteiger partial charge is 0.490 e. The molecule has 0 spiro atoms. The Bertz CT molecular complexity index is 1200. The maximum absolute atomic E-state index is 12.1. The first-order chi connectivity index (χ1) is 21.7. The number of ether oxygens (including phenoxy) is 2. The van der Waals surface area contributed by atoms with Crippen LogP contribution in [0.15, 0.2) is 65.7 Å². The van der Waals surface area contributed by atoms with E-state index in [9.17, 15) is 22.8 Å². The lowest BCUT2D eigenvalue weighted by Crippen LogP contribution is -2.57. The van der Waals surface area contributed by atoms with E-state index in [4.69, 9.17) is 19.4 Å². The molecule has 0 atom stereocenters. The Morgan fingerprint density at radius 3 is 1.71 bits per heavy atom. The summed E-state index contributed by atoms with van der Waals surface area (Å²) >= 11 is 0. The van der Waals surface area contributed by atoms with Crippen LogP contribution in [0.1, 0.15) is 0 Å². The van der Waals surface area contributed by atoms with E-state index in [1.54, 1.807) is 12.1 Å². The summed E-state index contributed by atoms with van der Waals surface area (Å²) in [6.45, 7) is 11.8. The van der Waals surface area contributed by atoms with Crippen molar-refractivity contribution in [2.24, 2.45) is 4.99 Å². The van der Waals surface area contributed by atoms with Gasteiger partial charge >= 0.3 is 18.2 Å². The molecule has 4 heterocycles. The molecule has 0 saturated carbocycles. The Morgan fingerprint density at radius 1 is 0.822 bits per heavy atom. The second kappa shape index (κ2) is 18.8. The highest BCUT2D eigenvalue weighted by molar-refractivity contribution is 5.89. The van der Waals surface area contributed by atoms with Crippen LogP contribution < -0.4 is 10.6 Å². The summed E-state index contributed by atoms with van der Waals surface area (Å²) in [7, 11) is 0. The Hall–Kier alpha value is -3.85. The maximum atomic E-state index is 12.1. The molecule has 0 bridgehead atoms. The van der Waals surface area contributed by atoms with Gasteiger partial charge in [-0.25, -0.2) is 14.4 Å². The highest BCUT2D eigenvalue weighted by Crippen LogP contribution is 2.15. The number of hydrogen-bond acceptors (Lipinski definition) is 9. The summed E-state index contributed by atoms with van der Waals surface area (Å²) in [5.41, 5.74) is 1.50. The van der Waals surface area contributed by atoms with Crippen LogP contribution in [0.5, 0.6) is 0 Å². The van der Waals surface area contributed by atoms with E-state index in [0.717, 1.165) is 77.4 Å². The number of nitrogens with one attached hydrogen (secondary N) is 2. The number of carboxylic acid groups (broad SMARTS) is 1. The number of piperazine rings is 2. The molecule has 45 heavy (non-hydrogen) atoms. The first-order valence-corrected chi connectivity index (χ1v) is 14.6. The van der Waals surface area contributed by atoms with Gasteiger partial charge in [0.05, 0.1) is 44.2 Å². The summed E-state index contributed by atoms with van der Waals surface area (Å²) in [5.74, 6) is -2.76. The molecule has 0 radical (unpaired) electrons. The van der Waals surface area contributed by atoms with Crippen LogP contribution in [0.25, 0.3) is 0 Å². The lowest BCUT2D eigenvalue weighted by Gasteiger charge is -2.42. The molecule has 2 amide bonds. The number of amides is 2. The third kappa shape index (κ3) is 13.0. The van der Waals surface area contributed by atoms with Gasteiger partial charge in [-0.15, -0.1) is 0 Å². The van der Waals surface area contributed by atoms with E-state index in [0.29, 0.717) is 11.7 Å². The number of carbonyl (C=O) groups is 2. The third-order valence-corrected chi connectivity index (χ3v) is 7.23. The quantitative estimate of drug-likeness (QED) is 0.342. The van der Waals surface area contributed by atoms with Crippen LogP contribution in [0.2, 0.25) is 0 Å². The lowest BCUT2D eigenvalue weighted by atomic mass is 10.2. The van der Waals surface area contributed by atoms with Gasteiger partial charge in [-0.3, -0.25) is 9.80 Å². The van der Waals surface area contributed by atoms with Crippen molar-refractivity contribution in [2.45, 2.75) is 18.3 Å². The number of anilines is 1. The SMILES string of the molecule is C1CN(C2COC2)CCN1.O=C(Nc1ccccc1)N1CCN(C2COC2)CC1.O=C(O)C(F)(F)F.O=C=Nc1ccccc1. The van der Waals surface area contributed by atoms with Gasteiger partial charge in [-0.05, 0) is 24.3 Å². The molecule has 4 aliphatic heterocycles. The number of aliphatic imine (C=N–C) groups is 1. The topological polar surface area (TPSA) is 136 Å². The van der Waals surface area contributed by atoms with Crippen LogP contribution in [0, 0.1) is 0 Å². The van der Waals surface area contributed by atoms with Crippen molar-refractivity contribution in [1.82, 2.24) is 20.0 Å². The molecule has 3 N–H and O–H groups in total. The second-order valence-corrected chi connectivity index (χ2v) is 10.3. The number of carbonyl (C=O) groups excluding carboxylic acids is 2. The first kappa shape index (κ1) is 35.6. The Labute approximate surface area is 259 Å². The Morgan fingerprint density at radius 2 is 1.29 bits per heavy atom. The van der Waals surface area contributed by atoms with E-state index in [1.807, 2.05) is 53.4 Å². The molecule has 4 fully saturated rings. The fourth-order valence-corrected chi connectivity index (χ4v) is 4.48. The first-order valence-electron chi connectivity index (χ1n) is 14.6. The molecule has 0 unspecified atom stereocenters. The van der Waals surface area contributed by atoms with Crippen molar-refractivity contribution in [3.63, 3.8) is 0 Å². The van der Waals surface area contributed by atoms with E-state index in [1.165, 1.54) is 19.2 Å². The zero-order valence-electron chi connectivity index (χ0n) is 24.8. The fraction of sp³-hybridized carbons (Fsp3) is 0.500. The number of para-hydroxylation sites is 2. The summed E-state index contributed by atoms with van der Waals surface area (Å²) in [6.07, 6.45) is -3.62. The highest BCUT2D eigenvalue weighted by atomic mass is 19.4. The molecule has 0 aromatic heterocycles. The summed E-state index contributed by atoms with van der Waals surface area (Å²) in [4.78, 5) is 40.9. The summed E-state index contributed by atoms with van der Waals surface area (Å²) in [5, 5.41) is 13.4. The molecule has 12 nitrogen and oxygen atoms in total. The van der Waals surface area contributed by atoms with E-state index >= 15 is 0 Å². The minimum Gasteiger partial charge on any atom is -0.475 e. The van der Waals surface area contributed by atoms with Crippen molar-refractivity contribution in [2.75, 3.05) is 84.1 Å². The molecule has 2 aromatic carbocycles. The van der Waals surface area contributed by atoms with Crippen LogP contribution >= 0.6 is 0 Å². The molecule has 2 aromatic rings. The van der Waals surface area contributed by atoms with Gasteiger partial charge in [-0.2, -0.15) is 18.2 Å². The summed E-state index contributed by atoms with van der Waals surface area (Å²) < 4.78 is 42.1. The molecular weight excluding hydrogens is 597 g/mol. The zero-order chi connectivity index (χ0) is 32.5. The van der Waals surface area contributed by atoms with Gasteiger partial charge in [0, 0.05) is 58.0 Å². The van der Waals surface area contributed by atoms with Crippen LogP contribution in [-0.4, -0.2) is 135 Å². The van der Waals surface area contributed by atoms with Crippen molar-refractivity contribution in [3.8, 4) is 0 Å². The van der Waals surface area contributed by atoms with Crippen molar-refractivity contribution >= 4 is 29.5 Å². The van der Waals surface area contributed by atoms with E-state index in [-0.39, 0.29) is 6.03 Å². The number of alkyl halides is 3. The molecule has 6 rings (SSSR count). The average molecular weight is 637 g/mol. The van der Waals surface area contributed by atoms with Crippen molar-refractivity contribution in [3.05, 3.63) is 60.7 Å². The molecule has 0 aliphatic carbocycles. The van der Waals surface area contributed by atoms with Gasteiger partial charge in [0.25, 0.3) is 0 Å². The van der Waals surface area contributed by atoms with Crippen LogP contribution in [0.4, 0.5) is 29.3 Å². The number of nitrogens with zero attached hydrogens (tertiary/aromatic N) is 4. The van der Waals surface area contributed by atoms with Gasteiger partial charge in [0.1, 0.15) is 0 Å². The Balaban J connectivity index is 0.000000180. The van der Waals surface area contributed by atoms with Crippen molar-refractivity contribution in [1.29, 1.82) is 0 Å². The van der Waals surface area contributed by atoms with Crippen molar-refractivity contribution < 1.29 is 42.1 Å².